The summed E-state index contributed by atoms with van der Waals surface area (Å²) in [4.78, 5) is 28.2. The largest absolute Gasteiger partial charge is 0.392 e. The Balaban J connectivity index is 1.67. The number of fused-ring (bicyclic) bond motifs is 1. The van der Waals surface area contributed by atoms with Crippen molar-refractivity contribution in [3.05, 3.63) is 35.4 Å². The average molecular weight is 302 g/mol. The zero-order valence-corrected chi connectivity index (χ0v) is 12.9. The Morgan fingerprint density at radius 2 is 1.77 bits per heavy atom. The van der Waals surface area contributed by atoms with Crippen LogP contribution in [0, 0.1) is 0 Å². The minimum atomic E-state index is -0.387. The van der Waals surface area contributed by atoms with Crippen LogP contribution in [-0.4, -0.2) is 58.5 Å². The molecule has 5 heteroatoms. The van der Waals surface area contributed by atoms with Gasteiger partial charge in [0.25, 0.3) is 11.8 Å². The van der Waals surface area contributed by atoms with Crippen LogP contribution in [0.5, 0.6) is 0 Å². The van der Waals surface area contributed by atoms with Gasteiger partial charge in [0.2, 0.25) is 0 Å². The van der Waals surface area contributed by atoms with Gasteiger partial charge in [-0.25, -0.2) is 0 Å². The van der Waals surface area contributed by atoms with Gasteiger partial charge >= 0.3 is 0 Å². The standard InChI is InChI=1S/C17H22N2O3/c1-12(20)15-8-4-5-9-18(15)10-11-19-16(21)13-6-2-3-7-14(13)17(19)22/h2-3,6-7,12,15,20H,4-5,8-11H2,1H3/t12-,15+/m1/s1. The van der Waals surface area contributed by atoms with Crippen LogP contribution in [0.3, 0.4) is 0 Å². The number of benzene rings is 1. The number of hydrogen-bond acceptors (Lipinski definition) is 4. The number of hydrogen-bond donors (Lipinski definition) is 1. The Labute approximate surface area is 130 Å². The highest BCUT2D eigenvalue weighted by Crippen LogP contribution is 2.24. The summed E-state index contributed by atoms with van der Waals surface area (Å²) >= 11 is 0. The van der Waals surface area contributed by atoms with Crippen LogP contribution in [0.4, 0.5) is 0 Å². The molecular formula is C17H22N2O3. The Hall–Kier alpha value is -1.72. The number of rotatable bonds is 4. The molecule has 0 aliphatic carbocycles. The molecule has 2 aliphatic heterocycles. The third-order valence-corrected chi connectivity index (χ3v) is 4.71. The maximum Gasteiger partial charge on any atom is 0.261 e. The fourth-order valence-electron chi connectivity index (χ4n) is 3.51. The zero-order valence-electron chi connectivity index (χ0n) is 12.9. The van der Waals surface area contributed by atoms with Crippen LogP contribution in [0.1, 0.15) is 46.9 Å². The van der Waals surface area contributed by atoms with Crippen LogP contribution in [0.15, 0.2) is 24.3 Å². The van der Waals surface area contributed by atoms with Crippen molar-refractivity contribution in [2.75, 3.05) is 19.6 Å². The van der Waals surface area contributed by atoms with Gasteiger partial charge in [0.15, 0.2) is 0 Å². The third kappa shape index (κ3) is 2.66. The van der Waals surface area contributed by atoms with Gasteiger partial charge in [-0.1, -0.05) is 18.6 Å². The lowest BCUT2D eigenvalue weighted by Crippen LogP contribution is -2.49. The molecular weight excluding hydrogens is 280 g/mol. The fraction of sp³-hybridized carbons (Fsp3) is 0.529. The van der Waals surface area contributed by atoms with E-state index in [4.69, 9.17) is 0 Å². The SMILES string of the molecule is C[C@@H](O)[C@@H]1CCCCN1CCN1C(=O)c2ccccc2C1=O. The molecule has 1 aromatic rings. The number of imide groups is 1. The molecule has 2 aliphatic rings. The highest BCUT2D eigenvalue weighted by atomic mass is 16.3. The Morgan fingerprint density at radius 1 is 1.14 bits per heavy atom. The smallest absolute Gasteiger partial charge is 0.261 e. The topological polar surface area (TPSA) is 60.9 Å². The Kier molecular flexibility index (Phi) is 4.27. The third-order valence-electron chi connectivity index (χ3n) is 4.71. The van der Waals surface area contributed by atoms with Crippen molar-refractivity contribution in [1.82, 2.24) is 9.80 Å². The molecule has 2 atom stereocenters. The summed E-state index contributed by atoms with van der Waals surface area (Å²) in [5.41, 5.74) is 0.997. The number of aliphatic hydroxyl groups is 1. The van der Waals surface area contributed by atoms with Crippen molar-refractivity contribution < 1.29 is 14.7 Å². The highest BCUT2D eigenvalue weighted by Gasteiger charge is 2.35. The highest BCUT2D eigenvalue weighted by molar-refractivity contribution is 6.21. The summed E-state index contributed by atoms with van der Waals surface area (Å²) in [5.74, 6) is -0.405. The van der Waals surface area contributed by atoms with Crippen LogP contribution in [-0.2, 0) is 0 Å². The van der Waals surface area contributed by atoms with E-state index in [1.165, 1.54) is 4.90 Å². The lowest BCUT2D eigenvalue weighted by molar-refractivity contribution is 0.0300. The van der Waals surface area contributed by atoms with Crippen molar-refractivity contribution in [3.63, 3.8) is 0 Å². The van der Waals surface area contributed by atoms with E-state index < -0.39 is 0 Å². The van der Waals surface area contributed by atoms with Gasteiger partial charge in [-0.3, -0.25) is 19.4 Å². The van der Waals surface area contributed by atoms with E-state index in [-0.39, 0.29) is 24.0 Å². The number of nitrogens with zero attached hydrogens (tertiary/aromatic N) is 2. The number of likely N-dealkylation sites (tertiary alicyclic amines) is 1. The zero-order chi connectivity index (χ0) is 15.7. The monoisotopic (exact) mass is 302 g/mol. The second-order valence-corrected chi connectivity index (χ2v) is 6.15. The van der Waals surface area contributed by atoms with Crippen molar-refractivity contribution in [2.45, 2.75) is 38.3 Å². The molecule has 0 radical (unpaired) electrons. The van der Waals surface area contributed by atoms with Crippen molar-refractivity contribution in [2.24, 2.45) is 0 Å². The summed E-state index contributed by atoms with van der Waals surface area (Å²) in [5, 5.41) is 9.90. The van der Waals surface area contributed by atoms with Gasteiger partial charge in [-0.05, 0) is 38.4 Å². The van der Waals surface area contributed by atoms with E-state index in [2.05, 4.69) is 4.90 Å². The normalized spacial score (nSPS) is 23.7. The van der Waals surface area contributed by atoms with Crippen molar-refractivity contribution in [3.8, 4) is 0 Å². The second-order valence-electron chi connectivity index (χ2n) is 6.15. The van der Waals surface area contributed by atoms with Crippen LogP contribution in [0.2, 0.25) is 0 Å². The Morgan fingerprint density at radius 3 is 2.36 bits per heavy atom. The van der Waals surface area contributed by atoms with Gasteiger partial charge in [-0.2, -0.15) is 0 Å². The quantitative estimate of drug-likeness (QED) is 0.857. The summed E-state index contributed by atoms with van der Waals surface area (Å²) < 4.78 is 0. The molecule has 0 bridgehead atoms. The first-order chi connectivity index (χ1) is 10.6. The summed E-state index contributed by atoms with van der Waals surface area (Å²) in [7, 11) is 0. The van der Waals surface area contributed by atoms with E-state index in [9.17, 15) is 14.7 Å². The first kappa shape index (κ1) is 15.2. The maximum atomic E-state index is 12.3. The van der Waals surface area contributed by atoms with Crippen molar-refractivity contribution in [1.29, 1.82) is 0 Å². The molecule has 0 unspecified atom stereocenters. The van der Waals surface area contributed by atoms with E-state index in [0.717, 1.165) is 25.8 Å². The van der Waals surface area contributed by atoms with Crippen LogP contribution < -0.4 is 0 Å². The number of piperidine rings is 1. The molecule has 118 valence electrons. The van der Waals surface area contributed by atoms with Gasteiger partial charge in [-0.15, -0.1) is 0 Å². The molecule has 5 nitrogen and oxygen atoms in total. The average Bonchev–Trinajstić information content (AvgIpc) is 2.77. The van der Waals surface area contributed by atoms with Crippen LogP contribution >= 0.6 is 0 Å². The molecule has 1 saturated heterocycles. The first-order valence-corrected chi connectivity index (χ1v) is 7.97. The van der Waals surface area contributed by atoms with E-state index in [1.54, 1.807) is 24.3 Å². The van der Waals surface area contributed by atoms with E-state index in [0.29, 0.717) is 24.2 Å². The lowest BCUT2D eigenvalue weighted by Gasteiger charge is -2.38. The number of carbonyl (C=O) groups excluding carboxylic acids is 2. The van der Waals surface area contributed by atoms with Gasteiger partial charge in [0.05, 0.1) is 17.2 Å². The summed E-state index contributed by atoms with van der Waals surface area (Å²) in [6.45, 7) is 3.74. The number of aliphatic hydroxyl groups excluding tert-OH is 1. The Bertz CT molecular complexity index is 550. The molecule has 1 N–H and O–H groups in total. The van der Waals surface area contributed by atoms with Crippen molar-refractivity contribution >= 4 is 11.8 Å². The van der Waals surface area contributed by atoms with E-state index in [1.807, 2.05) is 6.92 Å². The molecule has 22 heavy (non-hydrogen) atoms. The van der Waals surface area contributed by atoms with Gasteiger partial charge in [0, 0.05) is 19.1 Å². The molecule has 2 amide bonds. The van der Waals surface area contributed by atoms with Gasteiger partial charge < -0.3 is 5.11 Å². The predicted octanol–water partition coefficient (Wildman–Crippen LogP) is 1.52. The van der Waals surface area contributed by atoms with Gasteiger partial charge in [0.1, 0.15) is 0 Å². The molecule has 0 spiro atoms. The lowest BCUT2D eigenvalue weighted by atomic mass is 9.98. The molecule has 1 aromatic carbocycles. The fourth-order valence-corrected chi connectivity index (χ4v) is 3.51. The minimum absolute atomic E-state index is 0.129. The molecule has 2 heterocycles. The second kappa shape index (κ2) is 6.18. The first-order valence-electron chi connectivity index (χ1n) is 7.97. The number of amides is 2. The molecule has 1 fully saturated rings. The molecule has 3 rings (SSSR count). The van der Waals surface area contributed by atoms with Crippen LogP contribution in [0.25, 0.3) is 0 Å². The number of carbonyl (C=O) groups is 2. The summed E-state index contributed by atoms with van der Waals surface area (Å²) in [6, 6.07) is 7.09. The predicted molar refractivity (Wildman–Crippen MR) is 82.7 cm³/mol. The van der Waals surface area contributed by atoms with E-state index >= 15 is 0 Å². The minimum Gasteiger partial charge on any atom is -0.392 e. The maximum absolute atomic E-state index is 12.3. The summed E-state index contributed by atoms with van der Waals surface area (Å²) in [6.07, 6.45) is 2.81. The molecule has 0 saturated carbocycles. The molecule has 0 aromatic heterocycles.